The third-order valence-corrected chi connectivity index (χ3v) is 2.60. The van der Waals surface area contributed by atoms with Crippen molar-refractivity contribution < 1.29 is 4.39 Å². The van der Waals surface area contributed by atoms with Crippen molar-refractivity contribution in [1.82, 2.24) is 10.2 Å². The molecule has 0 saturated carbocycles. The van der Waals surface area contributed by atoms with Crippen LogP contribution in [0.3, 0.4) is 0 Å². The Kier molecular flexibility index (Phi) is 5.43. The van der Waals surface area contributed by atoms with Gasteiger partial charge in [0.15, 0.2) is 0 Å². The monoisotopic (exact) mass is 224 g/mol. The van der Waals surface area contributed by atoms with Gasteiger partial charge in [0.1, 0.15) is 5.82 Å². The molecule has 0 radical (unpaired) electrons. The summed E-state index contributed by atoms with van der Waals surface area (Å²) < 4.78 is 13.4. The summed E-state index contributed by atoms with van der Waals surface area (Å²) in [7, 11) is 4.11. The van der Waals surface area contributed by atoms with E-state index in [1.165, 1.54) is 6.07 Å². The smallest absolute Gasteiger partial charge is 0.127 e. The molecule has 0 fully saturated rings. The predicted molar refractivity (Wildman–Crippen MR) is 66.0 cm³/mol. The average molecular weight is 224 g/mol. The fourth-order valence-corrected chi connectivity index (χ4v) is 1.65. The molecule has 1 aromatic rings. The predicted octanol–water partition coefficient (Wildman–Crippen LogP) is 2.43. The van der Waals surface area contributed by atoms with Gasteiger partial charge in [-0.25, -0.2) is 4.39 Å². The number of halogens is 1. The minimum atomic E-state index is -0.130. The molecule has 0 spiro atoms. The van der Waals surface area contributed by atoms with Crippen LogP contribution in [-0.2, 0) is 0 Å². The Morgan fingerprint density at radius 1 is 1.31 bits per heavy atom. The summed E-state index contributed by atoms with van der Waals surface area (Å²) >= 11 is 0. The van der Waals surface area contributed by atoms with Gasteiger partial charge in [0.25, 0.3) is 0 Å². The van der Waals surface area contributed by atoms with Crippen LogP contribution < -0.4 is 5.32 Å². The first-order valence-corrected chi connectivity index (χ1v) is 5.74. The van der Waals surface area contributed by atoms with Gasteiger partial charge in [-0.2, -0.15) is 0 Å². The molecule has 2 nitrogen and oxygen atoms in total. The van der Waals surface area contributed by atoms with E-state index >= 15 is 0 Å². The first-order chi connectivity index (χ1) is 7.61. The molecule has 1 unspecified atom stereocenters. The summed E-state index contributed by atoms with van der Waals surface area (Å²) in [6.07, 6.45) is 1.08. The van der Waals surface area contributed by atoms with E-state index < -0.39 is 0 Å². The highest BCUT2D eigenvalue weighted by atomic mass is 19.1. The standard InChI is InChI=1S/C13H21FN2/c1-11(15-9-6-10-16(2)3)12-7-4-5-8-13(12)14/h4-5,7-8,11,15H,6,9-10H2,1-3H3. The van der Waals surface area contributed by atoms with Gasteiger partial charge in [-0.05, 0) is 46.6 Å². The van der Waals surface area contributed by atoms with Crippen molar-refractivity contribution >= 4 is 0 Å². The van der Waals surface area contributed by atoms with Gasteiger partial charge in [-0.15, -0.1) is 0 Å². The van der Waals surface area contributed by atoms with Crippen LogP contribution in [0.5, 0.6) is 0 Å². The third-order valence-electron chi connectivity index (χ3n) is 2.60. The lowest BCUT2D eigenvalue weighted by Crippen LogP contribution is -2.24. The summed E-state index contributed by atoms with van der Waals surface area (Å²) in [6.45, 7) is 3.96. The SMILES string of the molecule is CC(NCCCN(C)C)c1ccccc1F. The maximum Gasteiger partial charge on any atom is 0.127 e. The van der Waals surface area contributed by atoms with E-state index in [2.05, 4.69) is 24.3 Å². The Balaban J connectivity index is 2.35. The zero-order valence-corrected chi connectivity index (χ0v) is 10.3. The number of hydrogen-bond donors (Lipinski definition) is 1. The minimum absolute atomic E-state index is 0.0726. The maximum absolute atomic E-state index is 13.4. The van der Waals surface area contributed by atoms with E-state index in [0.717, 1.165) is 25.1 Å². The maximum atomic E-state index is 13.4. The molecule has 0 aromatic heterocycles. The summed E-state index contributed by atoms with van der Waals surface area (Å²) in [5, 5.41) is 3.33. The molecule has 90 valence electrons. The van der Waals surface area contributed by atoms with Gasteiger partial charge in [0.2, 0.25) is 0 Å². The Morgan fingerprint density at radius 2 is 2.00 bits per heavy atom. The molecule has 1 rings (SSSR count). The molecule has 0 aliphatic carbocycles. The number of nitrogens with zero attached hydrogens (tertiary/aromatic N) is 1. The van der Waals surface area contributed by atoms with E-state index in [1.807, 2.05) is 19.1 Å². The summed E-state index contributed by atoms with van der Waals surface area (Å²) in [4.78, 5) is 2.15. The molecule has 16 heavy (non-hydrogen) atoms. The quantitative estimate of drug-likeness (QED) is 0.747. The van der Waals surface area contributed by atoms with Gasteiger partial charge in [-0.3, -0.25) is 0 Å². The van der Waals surface area contributed by atoms with Crippen LogP contribution >= 0.6 is 0 Å². The van der Waals surface area contributed by atoms with Crippen LogP contribution in [0.4, 0.5) is 4.39 Å². The van der Waals surface area contributed by atoms with Crippen molar-refractivity contribution in [2.45, 2.75) is 19.4 Å². The Labute approximate surface area is 97.5 Å². The number of rotatable bonds is 6. The highest BCUT2D eigenvalue weighted by Crippen LogP contribution is 2.15. The van der Waals surface area contributed by atoms with Gasteiger partial charge < -0.3 is 10.2 Å². The molecule has 1 atom stereocenters. The van der Waals surface area contributed by atoms with Crippen LogP contribution in [0.1, 0.15) is 24.9 Å². The molecule has 0 bridgehead atoms. The fraction of sp³-hybridized carbons (Fsp3) is 0.538. The van der Waals surface area contributed by atoms with Crippen LogP contribution in [0, 0.1) is 5.82 Å². The number of benzene rings is 1. The van der Waals surface area contributed by atoms with Gasteiger partial charge in [0.05, 0.1) is 0 Å². The largest absolute Gasteiger partial charge is 0.310 e. The number of nitrogens with one attached hydrogen (secondary N) is 1. The molecule has 0 amide bonds. The van der Waals surface area contributed by atoms with Crippen LogP contribution in [0.15, 0.2) is 24.3 Å². The van der Waals surface area contributed by atoms with Crippen LogP contribution in [0.2, 0.25) is 0 Å². The fourth-order valence-electron chi connectivity index (χ4n) is 1.65. The molecule has 0 aliphatic rings. The highest BCUT2D eigenvalue weighted by Gasteiger charge is 2.08. The molecular weight excluding hydrogens is 203 g/mol. The van der Waals surface area contributed by atoms with Crippen molar-refractivity contribution in [2.75, 3.05) is 27.2 Å². The lowest BCUT2D eigenvalue weighted by atomic mass is 10.1. The molecule has 1 N–H and O–H groups in total. The van der Waals surface area contributed by atoms with E-state index in [4.69, 9.17) is 0 Å². The molecular formula is C13H21FN2. The summed E-state index contributed by atoms with van der Waals surface area (Å²) in [6, 6.07) is 7.00. The lowest BCUT2D eigenvalue weighted by molar-refractivity contribution is 0.388. The first-order valence-electron chi connectivity index (χ1n) is 5.74. The zero-order chi connectivity index (χ0) is 12.0. The second kappa shape index (κ2) is 6.61. The summed E-state index contributed by atoms with van der Waals surface area (Å²) in [5.41, 5.74) is 0.743. The zero-order valence-electron chi connectivity index (χ0n) is 10.3. The molecule has 0 aliphatic heterocycles. The average Bonchev–Trinajstić information content (AvgIpc) is 2.24. The van der Waals surface area contributed by atoms with Gasteiger partial charge in [-0.1, -0.05) is 18.2 Å². The van der Waals surface area contributed by atoms with Crippen molar-refractivity contribution in [2.24, 2.45) is 0 Å². The van der Waals surface area contributed by atoms with Crippen molar-refractivity contribution in [3.63, 3.8) is 0 Å². The molecule has 3 heteroatoms. The van der Waals surface area contributed by atoms with E-state index in [1.54, 1.807) is 6.07 Å². The molecule has 1 aromatic carbocycles. The lowest BCUT2D eigenvalue weighted by Gasteiger charge is -2.16. The highest BCUT2D eigenvalue weighted by molar-refractivity contribution is 5.20. The Bertz CT molecular complexity index is 313. The second-order valence-corrected chi connectivity index (χ2v) is 4.35. The Morgan fingerprint density at radius 3 is 2.62 bits per heavy atom. The first kappa shape index (κ1) is 13.1. The van der Waals surface area contributed by atoms with E-state index in [0.29, 0.717) is 0 Å². The van der Waals surface area contributed by atoms with Crippen molar-refractivity contribution in [3.05, 3.63) is 35.6 Å². The number of hydrogen-bond acceptors (Lipinski definition) is 2. The minimum Gasteiger partial charge on any atom is -0.310 e. The second-order valence-electron chi connectivity index (χ2n) is 4.35. The third kappa shape index (κ3) is 4.29. The van der Waals surface area contributed by atoms with E-state index in [9.17, 15) is 4.39 Å². The van der Waals surface area contributed by atoms with Gasteiger partial charge in [0, 0.05) is 11.6 Å². The molecule has 0 saturated heterocycles. The topological polar surface area (TPSA) is 15.3 Å². The van der Waals surface area contributed by atoms with Crippen LogP contribution in [-0.4, -0.2) is 32.1 Å². The van der Waals surface area contributed by atoms with Crippen molar-refractivity contribution in [1.29, 1.82) is 0 Å². The summed E-state index contributed by atoms with van der Waals surface area (Å²) in [5.74, 6) is -0.130. The normalized spacial score (nSPS) is 13.1. The molecule has 0 heterocycles. The van der Waals surface area contributed by atoms with E-state index in [-0.39, 0.29) is 11.9 Å². The van der Waals surface area contributed by atoms with Gasteiger partial charge >= 0.3 is 0 Å². The van der Waals surface area contributed by atoms with Crippen molar-refractivity contribution in [3.8, 4) is 0 Å². The Hall–Kier alpha value is -0.930. The van der Waals surface area contributed by atoms with Crippen LogP contribution in [0.25, 0.3) is 0 Å².